The van der Waals surface area contributed by atoms with E-state index in [9.17, 15) is 4.39 Å². The predicted molar refractivity (Wildman–Crippen MR) is 72.3 cm³/mol. The highest BCUT2D eigenvalue weighted by Crippen LogP contribution is 2.24. The van der Waals surface area contributed by atoms with Gasteiger partial charge in [-0.15, -0.1) is 0 Å². The minimum atomic E-state index is -0.294. The lowest BCUT2D eigenvalue weighted by atomic mass is 10.1. The lowest BCUT2D eigenvalue weighted by Gasteiger charge is -2.19. The van der Waals surface area contributed by atoms with Crippen LogP contribution in [0.25, 0.3) is 0 Å². The fourth-order valence-corrected chi connectivity index (χ4v) is 1.83. The van der Waals surface area contributed by atoms with Crippen LogP contribution in [0.5, 0.6) is 5.75 Å². The van der Waals surface area contributed by atoms with E-state index in [2.05, 4.69) is 18.7 Å². The summed E-state index contributed by atoms with van der Waals surface area (Å²) < 4.78 is 18.8. The number of rotatable bonds is 7. The van der Waals surface area contributed by atoms with Gasteiger partial charge in [0.25, 0.3) is 0 Å². The third-order valence-corrected chi connectivity index (χ3v) is 3.03. The molecule has 0 aliphatic carbocycles. The molecule has 0 radical (unpaired) electrons. The summed E-state index contributed by atoms with van der Waals surface area (Å²) in [6, 6.07) is 4.35. The molecule has 1 rings (SSSR count). The van der Waals surface area contributed by atoms with Crippen LogP contribution in [0.4, 0.5) is 4.39 Å². The Morgan fingerprint density at radius 3 is 2.56 bits per heavy atom. The van der Waals surface area contributed by atoms with Gasteiger partial charge in [0, 0.05) is 24.2 Å². The first-order chi connectivity index (χ1) is 8.58. The summed E-state index contributed by atoms with van der Waals surface area (Å²) in [4.78, 5) is 2.25. The summed E-state index contributed by atoms with van der Waals surface area (Å²) in [5.74, 6) is 0.259. The van der Waals surface area contributed by atoms with E-state index in [1.165, 1.54) is 12.1 Å². The molecule has 0 unspecified atom stereocenters. The Kier molecular flexibility index (Phi) is 6.09. The molecule has 0 saturated heterocycles. The zero-order valence-corrected chi connectivity index (χ0v) is 11.4. The minimum absolute atomic E-state index is 0.158. The second-order valence-electron chi connectivity index (χ2n) is 4.35. The molecule has 4 heteroatoms. The molecular formula is C14H23FN2O. The molecule has 3 nitrogen and oxygen atoms in total. The Labute approximate surface area is 109 Å². The third-order valence-electron chi connectivity index (χ3n) is 3.03. The highest BCUT2D eigenvalue weighted by molar-refractivity contribution is 5.36. The van der Waals surface area contributed by atoms with Crippen molar-refractivity contribution in [3.05, 3.63) is 29.6 Å². The van der Waals surface area contributed by atoms with Gasteiger partial charge in [-0.3, -0.25) is 0 Å². The normalized spacial score (nSPS) is 12.8. The van der Waals surface area contributed by atoms with Crippen molar-refractivity contribution in [1.29, 1.82) is 0 Å². The fraction of sp³-hybridized carbons (Fsp3) is 0.571. The molecule has 0 spiro atoms. The summed E-state index contributed by atoms with van der Waals surface area (Å²) in [6.45, 7) is 9.45. The van der Waals surface area contributed by atoms with E-state index in [4.69, 9.17) is 10.5 Å². The van der Waals surface area contributed by atoms with Crippen LogP contribution in [0, 0.1) is 5.82 Å². The maximum absolute atomic E-state index is 13.2. The van der Waals surface area contributed by atoms with Crippen LogP contribution in [0.1, 0.15) is 32.4 Å². The van der Waals surface area contributed by atoms with Gasteiger partial charge in [-0.1, -0.05) is 19.9 Å². The first kappa shape index (κ1) is 14.9. The van der Waals surface area contributed by atoms with Gasteiger partial charge in [0.2, 0.25) is 0 Å². The molecule has 0 aromatic heterocycles. The van der Waals surface area contributed by atoms with Crippen molar-refractivity contribution < 1.29 is 9.13 Å². The number of likely N-dealkylation sites (N-methyl/N-ethyl adjacent to an activating group) is 1. The molecule has 0 bridgehead atoms. The molecule has 0 aliphatic rings. The summed E-state index contributed by atoms with van der Waals surface area (Å²) >= 11 is 0. The lowest BCUT2D eigenvalue weighted by molar-refractivity contribution is 0.220. The van der Waals surface area contributed by atoms with Gasteiger partial charge in [-0.2, -0.15) is 0 Å². The van der Waals surface area contributed by atoms with E-state index in [-0.39, 0.29) is 11.9 Å². The van der Waals surface area contributed by atoms with Crippen LogP contribution in [0.3, 0.4) is 0 Å². The largest absolute Gasteiger partial charge is 0.492 e. The summed E-state index contributed by atoms with van der Waals surface area (Å²) in [5, 5.41) is 0. The number of nitrogens with two attached hydrogens (primary N) is 1. The van der Waals surface area contributed by atoms with Gasteiger partial charge in [0.05, 0.1) is 0 Å². The Hall–Kier alpha value is -1.13. The van der Waals surface area contributed by atoms with Gasteiger partial charge in [-0.25, -0.2) is 4.39 Å². The Morgan fingerprint density at radius 1 is 1.33 bits per heavy atom. The van der Waals surface area contributed by atoms with E-state index in [0.29, 0.717) is 12.4 Å². The standard InChI is InChI=1S/C14H23FN2O/c1-4-17(5-2)8-9-18-14-10-12(15)6-7-13(14)11(3)16/h6-7,10-11H,4-5,8-9,16H2,1-3H3/t11-/m1/s1. The highest BCUT2D eigenvalue weighted by Gasteiger charge is 2.09. The van der Waals surface area contributed by atoms with E-state index in [0.717, 1.165) is 25.2 Å². The number of halogens is 1. The molecule has 0 amide bonds. The summed E-state index contributed by atoms with van der Waals surface area (Å²) in [5.41, 5.74) is 6.68. The SMILES string of the molecule is CCN(CC)CCOc1cc(F)ccc1[C@@H](C)N. The van der Waals surface area contributed by atoms with Gasteiger partial charge in [0.15, 0.2) is 0 Å². The molecule has 0 saturated carbocycles. The van der Waals surface area contributed by atoms with Gasteiger partial charge >= 0.3 is 0 Å². The first-order valence-electron chi connectivity index (χ1n) is 6.48. The zero-order valence-electron chi connectivity index (χ0n) is 11.4. The molecule has 18 heavy (non-hydrogen) atoms. The fourth-order valence-electron chi connectivity index (χ4n) is 1.83. The van der Waals surface area contributed by atoms with E-state index in [1.54, 1.807) is 6.07 Å². The summed E-state index contributed by atoms with van der Waals surface area (Å²) in [7, 11) is 0. The zero-order chi connectivity index (χ0) is 13.5. The van der Waals surface area contributed by atoms with Crippen molar-refractivity contribution >= 4 is 0 Å². The van der Waals surface area contributed by atoms with Gasteiger partial charge in [0.1, 0.15) is 18.2 Å². The molecule has 0 heterocycles. The second kappa shape index (κ2) is 7.34. The van der Waals surface area contributed by atoms with E-state index in [1.807, 2.05) is 6.92 Å². The smallest absolute Gasteiger partial charge is 0.127 e. The Balaban J connectivity index is 2.63. The quantitative estimate of drug-likeness (QED) is 0.812. The van der Waals surface area contributed by atoms with Crippen molar-refractivity contribution in [2.45, 2.75) is 26.8 Å². The van der Waals surface area contributed by atoms with Crippen molar-refractivity contribution in [2.24, 2.45) is 5.73 Å². The summed E-state index contributed by atoms with van der Waals surface area (Å²) in [6.07, 6.45) is 0. The predicted octanol–water partition coefficient (Wildman–Crippen LogP) is 2.57. The molecule has 2 N–H and O–H groups in total. The third kappa shape index (κ3) is 4.27. The highest BCUT2D eigenvalue weighted by atomic mass is 19.1. The maximum atomic E-state index is 13.2. The molecule has 0 aliphatic heterocycles. The second-order valence-corrected chi connectivity index (χ2v) is 4.35. The number of hydrogen-bond acceptors (Lipinski definition) is 3. The van der Waals surface area contributed by atoms with Crippen molar-refractivity contribution in [3.8, 4) is 5.75 Å². The number of benzene rings is 1. The number of nitrogens with zero attached hydrogens (tertiary/aromatic N) is 1. The number of hydrogen-bond donors (Lipinski definition) is 1. The van der Waals surface area contributed by atoms with Crippen LogP contribution in [0.2, 0.25) is 0 Å². The topological polar surface area (TPSA) is 38.5 Å². The van der Waals surface area contributed by atoms with Crippen LogP contribution < -0.4 is 10.5 Å². The molecule has 1 atom stereocenters. The molecule has 0 fully saturated rings. The minimum Gasteiger partial charge on any atom is -0.492 e. The van der Waals surface area contributed by atoms with Crippen molar-refractivity contribution in [2.75, 3.05) is 26.2 Å². The van der Waals surface area contributed by atoms with E-state index >= 15 is 0 Å². The van der Waals surface area contributed by atoms with Gasteiger partial charge in [-0.05, 0) is 26.1 Å². The van der Waals surface area contributed by atoms with Crippen LogP contribution >= 0.6 is 0 Å². The lowest BCUT2D eigenvalue weighted by Crippen LogP contribution is -2.28. The average molecular weight is 254 g/mol. The first-order valence-corrected chi connectivity index (χ1v) is 6.48. The van der Waals surface area contributed by atoms with Crippen molar-refractivity contribution in [1.82, 2.24) is 4.90 Å². The number of ether oxygens (including phenoxy) is 1. The molecule has 102 valence electrons. The maximum Gasteiger partial charge on any atom is 0.127 e. The van der Waals surface area contributed by atoms with Crippen molar-refractivity contribution in [3.63, 3.8) is 0 Å². The molecule has 1 aromatic carbocycles. The monoisotopic (exact) mass is 254 g/mol. The van der Waals surface area contributed by atoms with Crippen LogP contribution in [-0.2, 0) is 0 Å². The van der Waals surface area contributed by atoms with Crippen LogP contribution in [-0.4, -0.2) is 31.1 Å². The Morgan fingerprint density at radius 2 is 2.00 bits per heavy atom. The Bertz CT molecular complexity index is 365. The average Bonchev–Trinajstić information content (AvgIpc) is 2.34. The van der Waals surface area contributed by atoms with Gasteiger partial charge < -0.3 is 15.4 Å². The molecule has 1 aromatic rings. The van der Waals surface area contributed by atoms with Crippen LogP contribution in [0.15, 0.2) is 18.2 Å². The van der Waals surface area contributed by atoms with E-state index < -0.39 is 0 Å². The molecular weight excluding hydrogens is 231 g/mol.